The minimum Gasteiger partial charge on any atom is -0.356 e. The van der Waals surface area contributed by atoms with Crippen molar-refractivity contribution in [3.63, 3.8) is 0 Å². The van der Waals surface area contributed by atoms with Crippen molar-refractivity contribution < 1.29 is 4.79 Å². The molecule has 1 rings (SSSR count). The molecule has 0 bridgehead atoms. The van der Waals surface area contributed by atoms with Crippen molar-refractivity contribution in [2.45, 2.75) is 25.7 Å². The Kier molecular flexibility index (Phi) is 7.29. The summed E-state index contributed by atoms with van der Waals surface area (Å²) in [6, 6.07) is 10.5. The van der Waals surface area contributed by atoms with Crippen molar-refractivity contribution in [1.82, 2.24) is 5.32 Å². The molecule has 0 aliphatic rings. The van der Waals surface area contributed by atoms with Crippen LogP contribution in [-0.4, -0.2) is 13.0 Å². The van der Waals surface area contributed by atoms with Crippen molar-refractivity contribution in [3.8, 4) is 0 Å². The highest BCUT2D eigenvalue weighted by atomic mass is 16.1. The average Bonchev–Trinajstić information content (AvgIpc) is 2.42. The minimum atomic E-state index is -0.0660. The van der Waals surface area contributed by atoms with Crippen LogP contribution in [0.3, 0.4) is 0 Å². The first kappa shape index (κ1) is 14.2. The van der Waals surface area contributed by atoms with Gasteiger partial charge in [0.05, 0.1) is 0 Å². The molecule has 0 heterocycles. The van der Waals surface area contributed by atoms with Crippen LogP contribution in [0.2, 0.25) is 0 Å². The molecule has 96 valence electrons. The molecule has 1 aromatic carbocycles. The van der Waals surface area contributed by atoms with Crippen LogP contribution in [0, 0.1) is 0 Å². The molecule has 0 spiro atoms. The third kappa shape index (κ3) is 6.69. The molecule has 2 heteroatoms. The molecule has 0 fully saturated rings. The number of aryl methyl sites for hydroxylation is 1. The summed E-state index contributed by atoms with van der Waals surface area (Å²) < 4.78 is 0. The lowest BCUT2D eigenvalue weighted by Crippen LogP contribution is -2.13. The van der Waals surface area contributed by atoms with Gasteiger partial charge in [-0.2, -0.15) is 0 Å². The standard InChI is InChI=1S/C16H21NO/c1-17-16(18)14-10-5-3-2-4-7-11-15-12-8-6-9-13-15/h3,5-6,8-10,12-14H,2,4,7,11H2,1H3,(H,17,18). The highest BCUT2D eigenvalue weighted by Crippen LogP contribution is 2.06. The summed E-state index contributed by atoms with van der Waals surface area (Å²) in [4.78, 5) is 10.9. The van der Waals surface area contributed by atoms with Gasteiger partial charge in [-0.3, -0.25) is 4.79 Å². The lowest BCUT2D eigenvalue weighted by molar-refractivity contribution is -0.116. The van der Waals surface area contributed by atoms with Crippen LogP contribution in [0.15, 0.2) is 54.6 Å². The van der Waals surface area contributed by atoms with Crippen molar-refractivity contribution in [1.29, 1.82) is 0 Å². The first-order valence-electron chi connectivity index (χ1n) is 6.42. The molecule has 0 aromatic heterocycles. The number of benzene rings is 1. The van der Waals surface area contributed by atoms with Crippen molar-refractivity contribution in [2.75, 3.05) is 7.05 Å². The van der Waals surface area contributed by atoms with E-state index in [4.69, 9.17) is 0 Å². The molecular formula is C16H21NO. The highest BCUT2D eigenvalue weighted by Gasteiger charge is 1.90. The van der Waals surface area contributed by atoms with E-state index < -0.39 is 0 Å². The number of hydrogen-bond acceptors (Lipinski definition) is 1. The third-order valence-electron chi connectivity index (χ3n) is 2.67. The fraction of sp³-hybridized carbons (Fsp3) is 0.312. The van der Waals surface area contributed by atoms with Crippen LogP contribution in [0.5, 0.6) is 0 Å². The number of allylic oxidation sites excluding steroid dienone is 3. The summed E-state index contributed by atoms with van der Waals surface area (Å²) in [5, 5.41) is 2.53. The van der Waals surface area contributed by atoms with Gasteiger partial charge in [0.25, 0.3) is 0 Å². The molecule has 1 aromatic rings. The highest BCUT2D eigenvalue weighted by molar-refractivity contribution is 5.87. The SMILES string of the molecule is CNC(=O)C=CC=CCCCCc1ccccc1. The Morgan fingerprint density at radius 3 is 2.67 bits per heavy atom. The second-order valence-electron chi connectivity index (χ2n) is 4.13. The van der Waals surface area contributed by atoms with E-state index in [0.717, 1.165) is 12.8 Å². The average molecular weight is 243 g/mol. The number of rotatable bonds is 7. The van der Waals surface area contributed by atoms with Crippen molar-refractivity contribution in [2.24, 2.45) is 0 Å². The van der Waals surface area contributed by atoms with Gasteiger partial charge >= 0.3 is 0 Å². The maximum atomic E-state index is 10.9. The zero-order chi connectivity index (χ0) is 13.1. The summed E-state index contributed by atoms with van der Waals surface area (Å²) >= 11 is 0. The Morgan fingerprint density at radius 1 is 1.17 bits per heavy atom. The van der Waals surface area contributed by atoms with Crippen LogP contribution < -0.4 is 5.32 Å². The summed E-state index contributed by atoms with van der Waals surface area (Å²) in [6.07, 6.45) is 11.9. The van der Waals surface area contributed by atoms with Gasteiger partial charge in [-0.15, -0.1) is 0 Å². The summed E-state index contributed by atoms with van der Waals surface area (Å²) in [6.45, 7) is 0. The Morgan fingerprint density at radius 2 is 1.94 bits per heavy atom. The Hall–Kier alpha value is -1.83. The summed E-state index contributed by atoms with van der Waals surface area (Å²) in [7, 11) is 1.62. The smallest absolute Gasteiger partial charge is 0.243 e. The van der Waals surface area contributed by atoms with E-state index in [2.05, 4.69) is 35.7 Å². The number of likely N-dealkylation sites (N-methyl/N-ethyl adjacent to an activating group) is 1. The Labute approximate surface area is 109 Å². The normalized spacial score (nSPS) is 11.2. The number of carbonyl (C=O) groups excluding carboxylic acids is 1. The molecule has 1 N–H and O–H groups in total. The maximum absolute atomic E-state index is 10.9. The Balaban J connectivity index is 2.07. The molecule has 2 nitrogen and oxygen atoms in total. The molecule has 0 aliphatic heterocycles. The fourth-order valence-electron chi connectivity index (χ4n) is 1.64. The molecule has 0 atom stereocenters. The van der Waals surface area contributed by atoms with Crippen LogP contribution in [0.25, 0.3) is 0 Å². The molecular weight excluding hydrogens is 222 g/mol. The molecule has 0 saturated heterocycles. The van der Waals surface area contributed by atoms with E-state index in [1.54, 1.807) is 13.1 Å². The number of nitrogens with one attached hydrogen (secondary N) is 1. The molecule has 0 aliphatic carbocycles. The van der Waals surface area contributed by atoms with Crippen LogP contribution in [0.4, 0.5) is 0 Å². The van der Waals surface area contributed by atoms with Gasteiger partial charge in [-0.05, 0) is 31.2 Å². The van der Waals surface area contributed by atoms with Gasteiger partial charge in [-0.1, -0.05) is 48.6 Å². The van der Waals surface area contributed by atoms with Crippen molar-refractivity contribution >= 4 is 5.91 Å². The maximum Gasteiger partial charge on any atom is 0.243 e. The van der Waals surface area contributed by atoms with Gasteiger partial charge in [-0.25, -0.2) is 0 Å². The van der Waals surface area contributed by atoms with E-state index in [1.165, 1.54) is 24.5 Å². The second kappa shape index (κ2) is 9.23. The number of carbonyl (C=O) groups is 1. The molecule has 0 saturated carbocycles. The molecule has 0 radical (unpaired) electrons. The topological polar surface area (TPSA) is 29.1 Å². The third-order valence-corrected chi connectivity index (χ3v) is 2.67. The van der Waals surface area contributed by atoms with E-state index >= 15 is 0 Å². The Bertz CT molecular complexity index is 393. The van der Waals surface area contributed by atoms with Gasteiger partial charge in [0, 0.05) is 13.1 Å². The summed E-state index contributed by atoms with van der Waals surface area (Å²) in [5.41, 5.74) is 1.40. The quantitative estimate of drug-likeness (QED) is 0.444. The number of unbranched alkanes of at least 4 members (excludes halogenated alkanes) is 2. The lowest BCUT2D eigenvalue weighted by atomic mass is 10.1. The molecule has 18 heavy (non-hydrogen) atoms. The summed E-state index contributed by atoms with van der Waals surface area (Å²) in [5.74, 6) is -0.0660. The fourth-order valence-corrected chi connectivity index (χ4v) is 1.64. The van der Waals surface area contributed by atoms with Crippen LogP contribution in [0.1, 0.15) is 24.8 Å². The zero-order valence-electron chi connectivity index (χ0n) is 10.9. The van der Waals surface area contributed by atoms with Crippen LogP contribution >= 0.6 is 0 Å². The number of amides is 1. The first-order chi connectivity index (χ1) is 8.83. The van der Waals surface area contributed by atoms with Gasteiger partial charge in [0.2, 0.25) is 5.91 Å². The second-order valence-corrected chi connectivity index (χ2v) is 4.13. The van der Waals surface area contributed by atoms with Crippen LogP contribution in [-0.2, 0) is 11.2 Å². The van der Waals surface area contributed by atoms with E-state index in [9.17, 15) is 4.79 Å². The van der Waals surface area contributed by atoms with Crippen molar-refractivity contribution in [3.05, 3.63) is 60.2 Å². The zero-order valence-corrected chi connectivity index (χ0v) is 10.9. The number of hydrogen-bond donors (Lipinski definition) is 1. The predicted octanol–water partition coefficient (Wildman–Crippen LogP) is 3.26. The van der Waals surface area contributed by atoms with E-state index in [-0.39, 0.29) is 5.91 Å². The lowest BCUT2D eigenvalue weighted by Gasteiger charge is -1.98. The monoisotopic (exact) mass is 243 g/mol. The largest absolute Gasteiger partial charge is 0.356 e. The molecule has 0 unspecified atom stereocenters. The van der Waals surface area contributed by atoms with Gasteiger partial charge in [0.15, 0.2) is 0 Å². The predicted molar refractivity (Wildman–Crippen MR) is 76.3 cm³/mol. The van der Waals surface area contributed by atoms with Gasteiger partial charge in [0.1, 0.15) is 0 Å². The van der Waals surface area contributed by atoms with Gasteiger partial charge < -0.3 is 5.32 Å². The minimum absolute atomic E-state index is 0.0660. The van der Waals surface area contributed by atoms with E-state index in [0.29, 0.717) is 0 Å². The van der Waals surface area contributed by atoms with E-state index in [1.807, 2.05) is 12.1 Å². The molecule has 1 amide bonds. The first-order valence-corrected chi connectivity index (χ1v) is 6.42.